The minimum Gasteiger partial charge on any atom is -0.393 e. The van der Waals surface area contributed by atoms with Crippen molar-refractivity contribution >= 4 is 11.8 Å². The summed E-state index contributed by atoms with van der Waals surface area (Å²) in [6, 6.07) is 7.21. The van der Waals surface area contributed by atoms with Crippen LogP contribution in [0.15, 0.2) is 24.3 Å². The Labute approximate surface area is 118 Å². The number of carbonyl (C=O) groups is 2. The van der Waals surface area contributed by atoms with E-state index in [9.17, 15) is 14.7 Å². The van der Waals surface area contributed by atoms with Crippen molar-refractivity contribution < 1.29 is 14.7 Å². The molecule has 0 unspecified atom stereocenters. The molecule has 2 amide bonds. The molecule has 1 aliphatic heterocycles. The molecule has 5 heteroatoms. The van der Waals surface area contributed by atoms with Crippen molar-refractivity contribution in [1.82, 2.24) is 10.2 Å². The number of nitrogens with one attached hydrogen (secondary N) is 1. The summed E-state index contributed by atoms with van der Waals surface area (Å²) in [4.78, 5) is 25.5. The Hall–Kier alpha value is -1.88. The Morgan fingerprint density at radius 3 is 2.45 bits per heavy atom. The quantitative estimate of drug-likeness (QED) is 0.854. The van der Waals surface area contributed by atoms with E-state index < -0.39 is 0 Å². The van der Waals surface area contributed by atoms with E-state index in [0.29, 0.717) is 31.5 Å². The number of hydrogen-bond donors (Lipinski definition) is 2. The van der Waals surface area contributed by atoms with Gasteiger partial charge in [-0.1, -0.05) is 17.7 Å². The number of aryl methyl sites for hydroxylation is 1. The van der Waals surface area contributed by atoms with Crippen molar-refractivity contribution in [2.75, 3.05) is 19.6 Å². The predicted molar refractivity (Wildman–Crippen MR) is 75.3 cm³/mol. The van der Waals surface area contributed by atoms with Gasteiger partial charge >= 0.3 is 0 Å². The molecule has 0 bridgehead atoms. The van der Waals surface area contributed by atoms with Gasteiger partial charge in [0.2, 0.25) is 5.91 Å². The van der Waals surface area contributed by atoms with Crippen molar-refractivity contribution in [2.24, 2.45) is 0 Å². The third kappa shape index (κ3) is 3.81. The van der Waals surface area contributed by atoms with Crippen LogP contribution in [0.25, 0.3) is 0 Å². The fraction of sp³-hybridized carbons (Fsp3) is 0.467. The minimum absolute atomic E-state index is 0.00278. The van der Waals surface area contributed by atoms with Crippen LogP contribution in [0.2, 0.25) is 0 Å². The number of likely N-dealkylation sites (tertiary alicyclic amines) is 1. The highest BCUT2D eigenvalue weighted by Crippen LogP contribution is 2.09. The van der Waals surface area contributed by atoms with Crippen LogP contribution in [0, 0.1) is 6.92 Å². The number of benzene rings is 1. The lowest BCUT2D eigenvalue weighted by Crippen LogP contribution is -2.45. The number of aliphatic hydroxyl groups is 1. The molecule has 108 valence electrons. The number of hydrogen-bond acceptors (Lipinski definition) is 3. The van der Waals surface area contributed by atoms with Crippen LogP contribution >= 0.6 is 0 Å². The molecule has 1 fully saturated rings. The smallest absolute Gasteiger partial charge is 0.251 e. The van der Waals surface area contributed by atoms with Gasteiger partial charge in [-0.2, -0.15) is 0 Å². The molecule has 0 atom stereocenters. The second-order valence-electron chi connectivity index (χ2n) is 5.16. The van der Waals surface area contributed by atoms with Crippen molar-refractivity contribution in [2.45, 2.75) is 25.9 Å². The lowest BCUT2D eigenvalue weighted by molar-refractivity contribution is -0.132. The largest absolute Gasteiger partial charge is 0.393 e. The minimum atomic E-state index is -0.304. The first-order chi connectivity index (χ1) is 9.56. The van der Waals surface area contributed by atoms with E-state index in [1.54, 1.807) is 17.0 Å². The molecule has 0 aliphatic carbocycles. The van der Waals surface area contributed by atoms with Crippen LogP contribution < -0.4 is 5.32 Å². The Morgan fingerprint density at radius 2 is 1.85 bits per heavy atom. The maximum atomic E-state index is 11.9. The molecule has 20 heavy (non-hydrogen) atoms. The number of rotatable bonds is 3. The van der Waals surface area contributed by atoms with E-state index in [4.69, 9.17) is 0 Å². The third-order valence-electron chi connectivity index (χ3n) is 3.53. The zero-order valence-corrected chi connectivity index (χ0v) is 11.6. The van der Waals surface area contributed by atoms with Crippen molar-refractivity contribution in [3.05, 3.63) is 35.4 Å². The van der Waals surface area contributed by atoms with E-state index >= 15 is 0 Å². The standard InChI is InChI=1S/C15H20N2O3/c1-11-2-4-12(5-3-11)15(20)16-10-14(19)17-8-6-13(18)7-9-17/h2-5,13,18H,6-10H2,1H3,(H,16,20). The maximum absolute atomic E-state index is 11.9. The average molecular weight is 276 g/mol. The van der Waals surface area contributed by atoms with Crippen molar-refractivity contribution in [3.63, 3.8) is 0 Å². The predicted octanol–water partition coefficient (Wildman–Crippen LogP) is 0.708. The van der Waals surface area contributed by atoms with E-state index in [-0.39, 0.29) is 24.5 Å². The number of piperidine rings is 1. The molecule has 1 saturated heterocycles. The topological polar surface area (TPSA) is 69.6 Å². The number of aliphatic hydroxyl groups excluding tert-OH is 1. The van der Waals surface area contributed by atoms with Gasteiger partial charge in [0.1, 0.15) is 0 Å². The van der Waals surface area contributed by atoms with E-state index in [2.05, 4.69) is 5.32 Å². The molecule has 2 N–H and O–H groups in total. The SMILES string of the molecule is Cc1ccc(C(=O)NCC(=O)N2CCC(O)CC2)cc1. The zero-order chi connectivity index (χ0) is 14.5. The van der Waals surface area contributed by atoms with Crippen LogP contribution in [0.1, 0.15) is 28.8 Å². The molecule has 0 aromatic heterocycles. The summed E-state index contributed by atoms with van der Waals surface area (Å²) in [6.45, 7) is 3.07. The van der Waals surface area contributed by atoms with Crippen LogP contribution in [0.4, 0.5) is 0 Å². The molecule has 1 aromatic rings. The van der Waals surface area contributed by atoms with Gasteiger partial charge in [0.15, 0.2) is 0 Å². The molecule has 0 spiro atoms. The normalized spacial score (nSPS) is 16.0. The molecule has 1 aliphatic rings. The molecule has 0 saturated carbocycles. The van der Waals surface area contributed by atoms with E-state index in [1.165, 1.54) is 0 Å². The van der Waals surface area contributed by atoms with Crippen molar-refractivity contribution in [3.8, 4) is 0 Å². The summed E-state index contributed by atoms with van der Waals surface area (Å²) >= 11 is 0. The molecule has 0 radical (unpaired) electrons. The summed E-state index contributed by atoms with van der Waals surface area (Å²) in [5.41, 5.74) is 1.64. The summed E-state index contributed by atoms with van der Waals surface area (Å²) in [5, 5.41) is 12.0. The monoisotopic (exact) mass is 276 g/mol. The lowest BCUT2D eigenvalue weighted by Gasteiger charge is -2.29. The maximum Gasteiger partial charge on any atom is 0.251 e. The Balaban J connectivity index is 1.81. The van der Waals surface area contributed by atoms with Gasteiger partial charge in [0.25, 0.3) is 5.91 Å². The molecule has 5 nitrogen and oxygen atoms in total. The van der Waals surface area contributed by atoms with Gasteiger partial charge in [-0.3, -0.25) is 9.59 Å². The number of carbonyl (C=O) groups excluding carboxylic acids is 2. The molecular weight excluding hydrogens is 256 g/mol. The third-order valence-corrected chi connectivity index (χ3v) is 3.53. The fourth-order valence-electron chi connectivity index (χ4n) is 2.19. The van der Waals surface area contributed by atoms with Gasteiger partial charge in [-0.05, 0) is 31.9 Å². The van der Waals surface area contributed by atoms with Crippen LogP contribution in [-0.4, -0.2) is 47.6 Å². The van der Waals surface area contributed by atoms with Gasteiger partial charge in [-0.25, -0.2) is 0 Å². The van der Waals surface area contributed by atoms with Crippen LogP contribution in [0.5, 0.6) is 0 Å². The Morgan fingerprint density at radius 1 is 1.25 bits per heavy atom. The highest BCUT2D eigenvalue weighted by atomic mass is 16.3. The highest BCUT2D eigenvalue weighted by molar-refractivity contribution is 5.96. The number of nitrogens with zero attached hydrogens (tertiary/aromatic N) is 1. The first-order valence-electron chi connectivity index (χ1n) is 6.87. The average Bonchev–Trinajstić information content (AvgIpc) is 2.46. The van der Waals surface area contributed by atoms with Crippen LogP contribution in [0.3, 0.4) is 0 Å². The summed E-state index contributed by atoms with van der Waals surface area (Å²) < 4.78 is 0. The molecular formula is C15H20N2O3. The summed E-state index contributed by atoms with van der Waals surface area (Å²) in [6.07, 6.45) is 0.913. The molecule has 1 heterocycles. The Kier molecular flexibility index (Phi) is 4.74. The summed E-state index contributed by atoms with van der Waals surface area (Å²) in [5.74, 6) is -0.340. The first-order valence-corrected chi connectivity index (χ1v) is 6.87. The van der Waals surface area contributed by atoms with Gasteiger partial charge < -0.3 is 15.3 Å². The van der Waals surface area contributed by atoms with E-state index in [0.717, 1.165) is 5.56 Å². The van der Waals surface area contributed by atoms with Gasteiger partial charge in [0, 0.05) is 18.7 Å². The Bertz CT molecular complexity index is 476. The van der Waals surface area contributed by atoms with Crippen molar-refractivity contribution in [1.29, 1.82) is 0 Å². The highest BCUT2D eigenvalue weighted by Gasteiger charge is 2.21. The first kappa shape index (κ1) is 14.5. The van der Waals surface area contributed by atoms with Crippen LogP contribution in [-0.2, 0) is 4.79 Å². The van der Waals surface area contributed by atoms with Gasteiger partial charge in [0.05, 0.1) is 12.6 Å². The molecule has 1 aromatic carbocycles. The molecule has 2 rings (SSSR count). The lowest BCUT2D eigenvalue weighted by atomic mass is 10.1. The summed E-state index contributed by atoms with van der Waals surface area (Å²) in [7, 11) is 0. The zero-order valence-electron chi connectivity index (χ0n) is 11.6. The van der Waals surface area contributed by atoms with E-state index in [1.807, 2.05) is 19.1 Å². The second-order valence-corrected chi connectivity index (χ2v) is 5.16. The second kappa shape index (κ2) is 6.52. The van der Waals surface area contributed by atoms with Gasteiger partial charge in [-0.15, -0.1) is 0 Å². The number of amides is 2. The fourth-order valence-corrected chi connectivity index (χ4v) is 2.19.